The van der Waals surface area contributed by atoms with Crippen molar-refractivity contribution in [2.24, 2.45) is 0 Å². The maximum absolute atomic E-state index is 5.82. The van der Waals surface area contributed by atoms with Crippen molar-refractivity contribution in [3.63, 3.8) is 0 Å². The van der Waals surface area contributed by atoms with Gasteiger partial charge in [-0.25, -0.2) is 0 Å². The van der Waals surface area contributed by atoms with Crippen LogP contribution in [0.2, 0.25) is 0 Å². The lowest BCUT2D eigenvalue weighted by atomic mass is 10.2. The first-order valence-electron chi connectivity index (χ1n) is 5.13. The van der Waals surface area contributed by atoms with Gasteiger partial charge in [0, 0.05) is 12.4 Å². The number of nitrogens with zero attached hydrogens (tertiary/aromatic N) is 1. The Balaban J connectivity index is 2.08. The molecule has 0 saturated heterocycles. The second-order valence-electron chi connectivity index (χ2n) is 3.69. The number of hydrogen-bond acceptors (Lipinski definition) is 3. The van der Waals surface area contributed by atoms with E-state index in [9.17, 15) is 0 Å². The molecule has 0 aliphatic carbocycles. The van der Waals surface area contributed by atoms with Crippen LogP contribution in [0.1, 0.15) is 11.1 Å². The molecule has 1 aromatic carbocycles. The first-order valence-corrected chi connectivity index (χ1v) is 5.13. The van der Waals surface area contributed by atoms with Gasteiger partial charge in [0.25, 0.3) is 0 Å². The molecule has 3 nitrogen and oxygen atoms in total. The van der Waals surface area contributed by atoms with Gasteiger partial charge >= 0.3 is 0 Å². The van der Waals surface area contributed by atoms with Crippen LogP contribution in [-0.2, 0) is 6.61 Å². The van der Waals surface area contributed by atoms with Gasteiger partial charge < -0.3 is 10.5 Å². The maximum atomic E-state index is 5.82. The van der Waals surface area contributed by atoms with Gasteiger partial charge in [-0.2, -0.15) is 0 Å². The number of hydrogen-bond donors (Lipinski definition) is 1. The molecule has 3 heteroatoms. The number of nitrogens with two attached hydrogens (primary N) is 1. The Morgan fingerprint density at radius 1 is 1.19 bits per heavy atom. The van der Waals surface area contributed by atoms with Gasteiger partial charge in [-0.3, -0.25) is 4.98 Å². The molecular weight excluding hydrogens is 200 g/mol. The van der Waals surface area contributed by atoms with E-state index in [1.54, 1.807) is 12.4 Å². The van der Waals surface area contributed by atoms with Crippen molar-refractivity contribution in [1.29, 1.82) is 0 Å². The third-order valence-corrected chi connectivity index (χ3v) is 2.31. The monoisotopic (exact) mass is 214 g/mol. The number of anilines is 1. The molecule has 1 aromatic heterocycles. The van der Waals surface area contributed by atoms with E-state index in [1.165, 1.54) is 0 Å². The maximum Gasteiger partial charge on any atom is 0.142 e. The number of ether oxygens (including phenoxy) is 1. The Hall–Kier alpha value is -2.03. The summed E-state index contributed by atoms with van der Waals surface area (Å²) in [6, 6.07) is 9.61. The summed E-state index contributed by atoms with van der Waals surface area (Å²) in [6.07, 6.45) is 3.50. The zero-order valence-electron chi connectivity index (χ0n) is 9.18. The summed E-state index contributed by atoms with van der Waals surface area (Å²) in [5.74, 6) is 0.733. The van der Waals surface area contributed by atoms with Crippen LogP contribution >= 0.6 is 0 Å². The van der Waals surface area contributed by atoms with Crippen LogP contribution in [0.25, 0.3) is 0 Å². The molecule has 2 rings (SSSR count). The minimum Gasteiger partial charge on any atom is -0.487 e. The highest BCUT2D eigenvalue weighted by molar-refractivity contribution is 5.53. The fourth-order valence-corrected chi connectivity index (χ4v) is 1.41. The average molecular weight is 214 g/mol. The van der Waals surface area contributed by atoms with E-state index in [2.05, 4.69) is 4.98 Å². The minimum absolute atomic E-state index is 0.510. The fraction of sp³-hybridized carbons (Fsp3) is 0.154. The van der Waals surface area contributed by atoms with Crippen molar-refractivity contribution in [2.75, 3.05) is 5.73 Å². The van der Waals surface area contributed by atoms with Gasteiger partial charge in [0.1, 0.15) is 12.4 Å². The normalized spacial score (nSPS) is 10.1. The first kappa shape index (κ1) is 10.5. The topological polar surface area (TPSA) is 48.1 Å². The highest BCUT2D eigenvalue weighted by Gasteiger charge is 2.00. The van der Waals surface area contributed by atoms with Crippen LogP contribution in [0.3, 0.4) is 0 Å². The van der Waals surface area contributed by atoms with Crippen molar-refractivity contribution in [3.05, 3.63) is 53.9 Å². The van der Waals surface area contributed by atoms with Crippen LogP contribution in [0.5, 0.6) is 5.75 Å². The van der Waals surface area contributed by atoms with E-state index in [0.717, 1.165) is 16.9 Å². The molecule has 0 spiro atoms. The van der Waals surface area contributed by atoms with Crippen LogP contribution < -0.4 is 10.5 Å². The van der Waals surface area contributed by atoms with Gasteiger partial charge in [0.05, 0.1) is 5.69 Å². The van der Waals surface area contributed by atoms with Crippen LogP contribution in [0, 0.1) is 6.92 Å². The zero-order valence-corrected chi connectivity index (χ0v) is 9.18. The Labute approximate surface area is 94.9 Å². The quantitative estimate of drug-likeness (QED) is 0.799. The molecule has 2 aromatic rings. The Morgan fingerprint density at radius 3 is 2.69 bits per heavy atom. The van der Waals surface area contributed by atoms with Crippen LogP contribution in [0.4, 0.5) is 5.69 Å². The zero-order chi connectivity index (χ0) is 11.4. The second kappa shape index (κ2) is 4.66. The number of nitrogen functional groups attached to an aromatic ring is 1. The van der Waals surface area contributed by atoms with Gasteiger partial charge in [-0.15, -0.1) is 0 Å². The molecule has 2 N–H and O–H groups in total. The van der Waals surface area contributed by atoms with E-state index >= 15 is 0 Å². The minimum atomic E-state index is 0.510. The van der Waals surface area contributed by atoms with E-state index in [1.807, 2.05) is 37.3 Å². The number of aryl methyl sites for hydroxylation is 1. The van der Waals surface area contributed by atoms with E-state index in [0.29, 0.717) is 12.3 Å². The van der Waals surface area contributed by atoms with Crippen molar-refractivity contribution < 1.29 is 4.74 Å². The molecule has 0 unspecified atom stereocenters. The summed E-state index contributed by atoms with van der Waals surface area (Å²) < 4.78 is 5.65. The van der Waals surface area contributed by atoms with Crippen molar-refractivity contribution in [3.8, 4) is 5.75 Å². The van der Waals surface area contributed by atoms with Crippen molar-refractivity contribution in [1.82, 2.24) is 4.98 Å². The summed E-state index contributed by atoms with van der Waals surface area (Å²) in [7, 11) is 0. The summed E-state index contributed by atoms with van der Waals surface area (Å²) in [5.41, 5.74) is 8.70. The van der Waals surface area contributed by atoms with Crippen molar-refractivity contribution in [2.45, 2.75) is 13.5 Å². The lowest BCUT2D eigenvalue weighted by Gasteiger charge is -2.09. The molecule has 0 aliphatic rings. The van der Waals surface area contributed by atoms with E-state index in [4.69, 9.17) is 10.5 Å². The number of pyridine rings is 1. The van der Waals surface area contributed by atoms with Crippen LogP contribution in [-0.4, -0.2) is 4.98 Å². The van der Waals surface area contributed by atoms with Crippen molar-refractivity contribution >= 4 is 5.69 Å². The predicted octanol–water partition coefficient (Wildman–Crippen LogP) is 2.55. The second-order valence-corrected chi connectivity index (χ2v) is 3.69. The van der Waals surface area contributed by atoms with Crippen LogP contribution in [0.15, 0.2) is 42.7 Å². The van der Waals surface area contributed by atoms with E-state index < -0.39 is 0 Å². The first-order chi connectivity index (χ1) is 7.75. The lowest BCUT2D eigenvalue weighted by molar-refractivity contribution is 0.307. The largest absolute Gasteiger partial charge is 0.487 e. The molecule has 0 radical (unpaired) electrons. The third-order valence-electron chi connectivity index (χ3n) is 2.31. The highest BCUT2D eigenvalue weighted by atomic mass is 16.5. The van der Waals surface area contributed by atoms with Gasteiger partial charge in [-0.1, -0.05) is 6.07 Å². The molecule has 0 bridgehead atoms. The van der Waals surface area contributed by atoms with Gasteiger partial charge in [0.2, 0.25) is 0 Å². The molecule has 16 heavy (non-hydrogen) atoms. The number of rotatable bonds is 3. The van der Waals surface area contributed by atoms with E-state index in [-0.39, 0.29) is 0 Å². The SMILES string of the molecule is Cc1ccc(N)c(OCc2ccncc2)c1. The van der Waals surface area contributed by atoms with Gasteiger partial charge in [-0.05, 0) is 42.3 Å². The molecule has 1 heterocycles. The standard InChI is InChI=1S/C13H14N2O/c1-10-2-3-12(14)13(8-10)16-9-11-4-6-15-7-5-11/h2-8H,9,14H2,1H3. The summed E-state index contributed by atoms with van der Waals surface area (Å²) in [5, 5.41) is 0. The summed E-state index contributed by atoms with van der Waals surface area (Å²) >= 11 is 0. The fourth-order valence-electron chi connectivity index (χ4n) is 1.41. The molecule has 82 valence electrons. The lowest BCUT2D eigenvalue weighted by Crippen LogP contribution is -1.99. The Bertz CT molecular complexity index is 469. The highest BCUT2D eigenvalue weighted by Crippen LogP contribution is 2.23. The molecule has 0 amide bonds. The Kier molecular flexibility index (Phi) is 3.05. The number of benzene rings is 1. The summed E-state index contributed by atoms with van der Waals surface area (Å²) in [6.45, 7) is 2.52. The predicted molar refractivity (Wildman–Crippen MR) is 64.2 cm³/mol. The molecule has 0 aliphatic heterocycles. The average Bonchev–Trinajstić information content (AvgIpc) is 2.32. The molecular formula is C13H14N2O. The molecule has 0 saturated carbocycles. The summed E-state index contributed by atoms with van der Waals surface area (Å²) in [4.78, 5) is 3.95. The number of aromatic nitrogens is 1. The van der Waals surface area contributed by atoms with Gasteiger partial charge in [0.15, 0.2) is 0 Å². The molecule has 0 atom stereocenters. The smallest absolute Gasteiger partial charge is 0.142 e. The molecule has 0 fully saturated rings. The Morgan fingerprint density at radius 2 is 1.94 bits per heavy atom. The third kappa shape index (κ3) is 2.51.